The zero-order valence-corrected chi connectivity index (χ0v) is 4.30. The van der Waals surface area contributed by atoms with E-state index >= 15 is 0 Å². The molecule has 0 aliphatic heterocycles. The van der Waals surface area contributed by atoms with E-state index in [4.69, 9.17) is 11.6 Å². The van der Waals surface area contributed by atoms with Gasteiger partial charge in [0.15, 0.2) is 0 Å². The van der Waals surface area contributed by atoms with Crippen LogP contribution in [0.3, 0.4) is 0 Å². The van der Waals surface area contributed by atoms with Crippen LogP contribution < -0.4 is 4.34 Å². The van der Waals surface area contributed by atoms with Crippen LogP contribution in [0.4, 0.5) is 0 Å². The van der Waals surface area contributed by atoms with E-state index in [1.54, 1.807) is 0 Å². The lowest BCUT2D eigenvalue weighted by Gasteiger charge is -1.70. The van der Waals surface area contributed by atoms with E-state index in [1.807, 2.05) is 0 Å². The van der Waals surface area contributed by atoms with Gasteiger partial charge in [-0.25, -0.2) is 4.34 Å². The first-order chi connectivity index (χ1) is 1.91. The van der Waals surface area contributed by atoms with Crippen LogP contribution in [-0.2, 0) is 0 Å². The Labute approximate surface area is 38.7 Å². The lowest BCUT2D eigenvalue weighted by Crippen LogP contribution is -1.86. The maximum Gasteiger partial charge on any atom is 0.0809 e. The first-order valence-corrected chi connectivity index (χ1v) is 2.14. The van der Waals surface area contributed by atoms with E-state index in [9.17, 15) is 0 Å². The van der Waals surface area contributed by atoms with Crippen LogP contribution >= 0.6 is 27.7 Å². The zero-order chi connectivity index (χ0) is 3.41. The average Bonchev–Trinajstić information content (AvgIpc) is 1.37. The van der Waals surface area contributed by atoms with Crippen LogP contribution in [0.1, 0.15) is 0 Å². The van der Waals surface area contributed by atoms with E-state index in [-0.39, 0.29) is 0 Å². The summed E-state index contributed by atoms with van der Waals surface area (Å²) in [6, 6.07) is 0.458. The monoisotopic (exact) mass is 143 g/mol. The van der Waals surface area contributed by atoms with Crippen LogP contribution in [-0.4, -0.2) is 6.00 Å². The molecule has 0 aromatic carbocycles. The number of hydrogen-bond donors (Lipinski definition) is 1. The van der Waals surface area contributed by atoms with Gasteiger partial charge in [-0.2, -0.15) is 0 Å². The summed E-state index contributed by atoms with van der Waals surface area (Å²) >= 11 is 7.89. The smallest absolute Gasteiger partial charge is 0.0809 e. The van der Waals surface area contributed by atoms with Crippen LogP contribution in [0.15, 0.2) is 0 Å². The fourth-order valence-electron chi connectivity index (χ4n) is 0. The highest BCUT2D eigenvalue weighted by atomic mass is 79.9. The molecule has 0 spiro atoms. The predicted octanol–water partition coefficient (Wildman–Crippen LogP) is 1.08. The molecule has 1 nitrogen and oxygen atoms in total. The maximum atomic E-state index is 5.03. The normalized spacial score (nSPS) is 7.50. The molecule has 1 N–H and O–H groups in total. The van der Waals surface area contributed by atoms with Gasteiger partial charge >= 0.3 is 0 Å². The predicted molar refractivity (Wildman–Crippen MR) is 22.8 cm³/mol. The van der Waals surface area contributed by atoms with Crippen molar-refractivity contribution in [2.75, 3.05) is 6.00 Å². The first kappa shape index (κ1) is 4.73. The molecule has 0 aliphatic rings. The number of halogens is 2. The Bertz CT molecular complexity index is 10.0. The Morgan fingerprint density at radius 3 is 2.25 bits per heavy atom. The van der Waals surface area contributed by atoms with Crippen molar-refractivity contribution < 1.29 is 0 Å². The molecule has 0 aromatic rings. The Kier molecular flexibility index (Phi) is 4.41. The number of rotatable bonds is 1. The Hall–Kier alpha value is 0.730. The molecule has 3 heteroatoms. The summed E-state index contributed by atoms with van der Waals surface area (Å²) in [5, 5.41) is 0. The van der Waals surface area contributed by atoms with Crippen molar-refractivity contribution in [3.63, 3.8) is 0 Å². The van der Waals surface area contributed by atoms with Crippen molar-refractivity contribution in [2.24, 2.45) is 0 Å². The van der Waals surface area contributed by atoms with E-state index < -0.39 is 0 Å². The van der Waals surface area contributed by atoms with Gasteiger partial charge in [0.05, 0.1) is 6.00 Å². The molecule has 0 radical (unpaired) electrons. The molecule has 0 amide bonds. The molecule has 0 atom stereocenters. The molecule has 0 aromatic heterocycles. The molecule has 4 heavy (non-hydrogen) atoms. The molecule has 0 saturated carbocycles. The third-order valence-corrected chi connectivity index (χ3v) is 0.787. The van der Waals surface area contributed by atoms with Crippen molar-refractivity contribution in [1.82, 2.24) is 4.34 Å². The van der Waals surface area contributed by atoms with Gasteiger partial charge < -0.3 is 0 Å². The van der Waals surface area contributed by atoms with Gasteiger partial charge in [0.1, 0.15) is 0 Å². The fourth-order valence-corrected chi connectivity index (χ4v) is 0. The highest BCUT2D eigenvalue weighted by Crippen LogP contribution is 1.67. The van der Waals surface area contributed by atoms with Crippen LogP contribution in [0.2, 0.25) is 0 Å². The van der Waals surface area contributed by atoms with Gasteiger partial charge in [-0.05, 0) is 0 Å². The lowest BCUT2D eigenvalue weighted by molar-refractivity contribution is 1.26. The molecule has 26 valence electrons. The minimum Gasteiger partial charge on any atom is -0.241 e. The SMILES string of the molecule is ClCNBr. The van der Waals surface area contributed by atoms with Crippen LogP contribution in [0.25, 0.3) is 0 Å². The van der Waals surface area contributed by atoms with E-state index in [1.165, 1.54) is 0 Å². The second-order valence-electron chi connectivity index (χ2n) is 0.267. The molecule has 0 heterocycles. The highest BCUT2D eigenvalue weighted by molar-refractivity contribution is 9.08. The second kappa shape index (κ2) is 3.73. The van der Waals surface area contributed by atoms with Crippen molar-refractivity contribution in [3.05, 3.63) is 0 Å². The van der Waals surface area contributed by atoms with Crippen molar-refractivity contribution in [1.29, 1.82) is 0 Å². The maximum absolute atomic E-state index is 5.03. The van der Waals surface area contributed by atoms with Crippen LogP contribution in [0.5, 0.6) is 0 Å². The summed E-state index contributed by atoms with van der Waals surface area (Å²) in [5.41, 5.74) is 0. The molecule has 0 saturated heterocycles. The van der Waals surface area contributed by atoms with Gasteiger partial charge in [-0.1, -0.05) is 0 Å². The van der Waals surface area contributed by atoms with Gasteiger partial charge in [0, 0.05) is 16.1 Å². The topological polar surface area (TPSA) is 12.0 Å². The molecule has 0 unspecified atom stereocenters. The summed E-state index contributed by atoms with van der Waals surface area (Å²) in [7, 11) is 0. The highest BCUT2D eigenvalue weighted by Gasteiger charge is 1.56. The number of hydrogen-bond acceptors (Lipinski definition) is 1. The summed E-state index contributed by atoms with van der Waals surface area (Å²) in [6.45, 7) is 0. The Balaban J connectivity index is 1.97. The zero-order valence-electron chi connectivity index (χ0n) is 1.96. The average molecular weight is 144 g/mol. The summed E-state index contributed by atoms with van der Waals surface area (Å²) in [4.78, 5) is 0. The summed E-state index contributed by atoms with van der Waals surface area (Å²) in [6.07, 6.45) is 0. The van der Waals surface area contributed by atoms with Gasteiger partial charge in [-0.15, -0.1) is 11.6 Å². The third-order valence-electron chi connectivity index (χ3n) is 0.0505. The minimum absolute atomic E-state index is 0.458. The fraction of sp³-hybridized carbons (Fsp3) is 1.00. The molecule has 0 bridgehead atoms. The van der Waals surface area contributed by atoms with Crippen molar-refractivity contribution >= 4 is 27.7 Å². The molecule has 0 rings (SSSR count). The largest absolute Gasteiger partial charge is 0.241 e. The second-order valence-corrected chi connectivity index (χ2v) is 1.10. The molecular weight excluding hydrogens is 141 g/mol. The van der Waals surface area contributed by atoms with Gasteiger partial charge in [0.2, 0.25) is 0 Å². The van der Waals surface area contributed by atoms with Gasteiger partial charge in [0.25, 0.3) is 0 Å². The minimum atomic E-state index is 0.458. The Morgan fingerprint density at radius 1 is 2.00 bits per heavy atom. The third kappa shape index (κ3) is 2.73. The molecule has 0 fully saturated rings. The number of alkyl halides is 1. The first-order valence-electron chi connectivity index (χ1n) is 0.810. The van der Waals surface area contributed by atoms with Crippen molar-refractivity contribution in [3.8, 4) is 0 Å². The standard InChI is InChI=1S/CH3BrClN/c2-4-1-3/h4H,1H2. The van der Waals surface area contributed by atoms with E-state index in [0.717, 1.165) is 0 Å². The molecule has 0 aliphatic carbocycles. The Morgan fingerprint density at radius 2 is 2.25 bits per heavy atom. The van der Waals surface area contributed by atoms with E-state index in [2.05, 4.69) is 20.5 Å². The van der Waals surface area contributed by atoms with Crippen molar-refractivity contribution in [2.45, 2.75) is 0 Å². The molecular formula is CH3BrClN. The quantitative estimate of drug-likeness (QED) is 0.330. The van der Waals surface area contributed by atoms with E-state index in [0.29, 0.717) is 6.00 Å². The summed E-state index contributed by atoms with van der Waals surface area (Å²) in [5.74, 6) is 0. The summed E-state index contributed by atoms with van der Waals surface area (Å²) < 4.78 is 2.51. The number of nitrogens with one attached hydrogen (secondary N) is 1. The van der Waals surface area contributed by atoms with Crippen LogP contribution in [0, 0.1) is 0 Å². The lowest BCUT2D eigenvalue weighted by atomic mass is 11.6. The van der Waals surface area contributed by atoms with Gasteiger partial charge in [-0.3, -0.25) is 0 Å².